The van der Waals surface area contributed by atoms with Crippen molar-refractivity contribution in [1.29, 1.82) is 0 Å². The maximum Gasteiger partial charge on any atom is 0.305 e. The molecule has 1 aromatic heterocycles. The molecule has 0 aliphatic carbocycles. The molecular weight excluding hydrogens is 216 g/mol. The summed E-state index contributed by atoms with van der Waals surface area (Å²) in [4.78, 5) is 15.0. The Bertz CT molecular complexity index is 397. The van der Waals surface area contributed by atoms with Crippen LogP contribution in [0.1, 0.15) is 32.9 Å². The number of anilines is 1. The minimum atomic E-state index is -0.789. The van der Waals surface area contributed by atoms with Crippen molar-refractivity contribution in [1.82, 2.24) is 4.98 Å². The lowest BCUT2D eigenvalue weighted by atomic mass is 9.84. The number of pyridine rings is 1. The molecule has 1 rings (SSSR count). The fourth-order valence-corrected chi connectivity index (χ4v) is 1.58. The van der Waals surface area contributed by atoms with Gasteiger partial charge >= 0.3 is 5.97 Å². The molecule has 0 amide bonds. The Hall–Kier alpha value is -1.58. The molecule has 1 unspecified atom stereocenters. The van der Waals surface area contributed by atoms with Crippen LogP contribution in [-0.2, 0) is 4.79 Å². The third-order valence-electron chi connectivity index (χ3n) is 2.66. The summed E-state index contributed by atoms with van der Waals surface area (Å²) in [6.07, 6.45) is 1.82. The summed E-state index contributed by atoms with van der Waals surface area (Å²) in [7, 11) is 0. The van der Waals surface area contributed by atoms with Crippen molar-refractivity contribution >= 4 is 11.7 Å². The fraction of sp³-hybridized carbons (Fsp3) is 0.538. The molecule has 0 aliphatic rings. The predicted octanol–water partition coefficient (Wildman–Crippen LogP) is 2.69. The number of nitrogens with one attached hydrogen (secondary N) is 1. The molecule has 17 heavy (non-hydrogen) atoms. The maximum atomic E-state index is 10.9. The summed E-state index contributed by atoms with van der Waals surface area (Å²) in [6.45, 7) is 8.00. The van der Waals surface area contributed by atoms with Crippen LogP contribution in [0.5, 0.6) is 0 Å². The molecule has 0 spiro atoms. The Morgan fingerprint density at radius 3 is 2.65 bits per heavy atom. The van der Waals surface area contributed by atoms with E-state index < -0.39 is 5.97 Å². The molecule has 4 nitrogen and oxygen atoms in total. The number of hydrogen-bond donors (Lipinski definition) is 2. The van der Waals surface area contributed by atoms with Gasteiger partial charge in [-0.25, -0.2) is 0 Å². The normalized spacial score (nSPS) is 13.2. The van der Waals surface area contributed by atoms with E-state index in [4.69, 9.17) is 5.11 Å². The molecule has 0 saturated heterocycles. The van der Waals surface area contributed by atoms with Gasteiger partial charge in [-0.1, -0.05) is 20.8 Å². The van der Waals surface area contributed by atoms with Gasteiger partial charge in [-0.3, -0.25) is 9.78 Å². The average Bonchev–Trinajstić information content (AvgIpc) is 2.14. The van der Waals surface area contributed by atoms with E-state index in [0.29, 0.717) is 0 Å². The van der Waals surface area contributed by atoms with Crippen LogP contribution in [0.15, 0.2) is 18.3 Å². The van der Waals surface area contributed by atoms with Gasteiger partial charge in [0.15, 0.2) is 0 Å². The summed E-state index contributed by atoms with van der Waals surface area (Å²) >= 11 is 0. The third kappa shape index (κ3) is 4.43. The smallest absolute Gasteiger partial charge is 0.305 e. The zero-order valence-corrected chi connectivity index (χ0v) is 10.8. The quantitative estimate of drug-likeness (QED) is 0.843. The van der Waals surface area contributed by atoms with Gasteiger partial charge in [0.25, 0.3) is 0 Å². The van der Waals surface area contributed by atoms with Gasteiger partial charge in [0.1, 0.15) is 0 Å². The van der Waals surface area contributed by atoms with Crippen molar-refractivity contribution in [3.8, 4) is 0 Å². The van der Waals surface area contributed by atoms with Crippen LogP contribution in [-0.4, -0.2) is 22.1 Å². The molecule has 1 heterocycles. The molecule has 4 heteroatoms. The van der Waals surface area contributed by atoms with E-state index in [2.05, 4.69) is 10.3 Å². The van der Waals surface area contributed by atoms with Crippen molar-refractivity contribution in [3.63, 3.8) is 0 Å². The molecule has 0 saturated carbocycles. The Balaban J connectivity index is 2.83. The highest BCUT2D eigenvalue weighted by Crippen LogP contribution is 2.25. The Morgan fingerprint density at radius 2 is 2.18 bits per heavy atom. The summed E-state index contributed by atoms with van der Waals surface area (Å²) in [5, 5.41) is 12.2. The first kappa shape index (κ1) is 13.5. The van der Waals surface area contributed by atoms with Gasteiger partial charge < -0.3 is 10.4 Å². The van der Waals surface area contributed by atoms with Crippen LogP contribution in [0, 0.1) is 12.3 Å². The minimum Gasteiger partial charge on any atom is -0.481 e. The zero-order valence-electron chi connectivity index (χ0n) is 10.8. The minimum absolute atomic E-state index is 0.102. The standard InChI is InChI=1S/C13H20N2O2/c1-9-7-10(5-6-14-9)15-11(8-12(16)17)13(2,3)4/h5-7,11H,8H2,1-4H3,(H,14,15)(H,16,17). The van der Waals surface area contributed by atoms with Crippen molar-refractivity contribution in [2.24, 2.45) is 5.41 Å². The molecular formula is C13H20N2O2. The topological polar surface area (TPSA) is 62.2 Å². The van der Waals surface area contributed by atoms with E-state index in [-0.39, 0.29) is 17.9 Å². The second-order valence-electron chi connectivity index (χ2n) is 5.35. The van der Waals surface area contributed by atoms with Crippen LogP contribution in [0.2, 0.25) is 0 Å². The summed E-state index contributed by atoms with van der Waals surface area (Å²) < 4.78 is 0. The first-order valence-electron chi connectivity index (χ1n) is 5.70. The molecule has 1 aromatic rings. The first-order chi connectivity index (χ1) is 7.79. The monoisotopic (exact) mass is 236 g/mol. The van der Waals surface area contributed by atoms with E-state index in [9.17, 15) is 4.79 Å². The van der Waals surface area contributed by atoms with E-state index in [1.54, 1.807) is 6.20 Å². The Labute approximate surface area is 102 Å². The highest BCUT2D eigenvalue weighted by atomic mass is 16.4. The zero-order chi connectivity index (χ0) is 13.1. The fourth-order valence-electron chi connectivity index (χ4n) is 1.58. The number of rotatable bonds is 4. The van der Waals surface area contributed by atoms with Gasteiger partial charge in [-0.15, -0.1) is 0 Å². The number of carboxylic acids is 1. The number of nitrogens with zero attached hydrogens (tertiary/aromatic N) is 1. The van der Waals surface area contributed by atoms with Crippen molar-refractivity contribution in [3.05, 3.63) is 24.0 Å². The molecule has 0 bridgehead atoms. The van der Waals surface area contributed by atoms with Crippen LogP contribution in [0.25, 0.3) is 0 Å². The molecule has 2 N–H and O–H groups in total. The third-order valence-corrected chi connectivity index (χ3v) is 2.66. The summed E-state index contributed by atoms with van der Waals surface area (Å²) in [5.74, 6) is -0.789. The van der Waals surface area contributed by atoms with Crippen molar-refractivity contribution < 1.29 is 9.90 Å². The average molecular weight is 236 g/mol. The number of aryl methyl sites for hydroxylation is 1. The summed E-state index contributed by atoms with van der Waals surface area (Å²) in [5.41, 5.74) is 1.71. The van der Waals surface area contributed by atoms with E-state index in [1.165, 1.54) is 0 Å². The first-order valence-corrected chi connectivity index (χ1v) is 5.70. The second kappa shape index (κ2) is 5.17. The molecule has 0 radical (unpaired) electrons. The lowest BCUT2D eigenvalue weighted by Crippen LogP contribution is -2.36. The lowest BCUT2D eigenvalue weighted by molar-refractivity contribution is -0.137. The van der Waals surface area contributed by atoms with Gasteiger partial charge in [-0.05, 0) is 24.5 Å². The van der Waals surface area contributed by atoms with E-state index in [1.807, 2.05) is 39.8 Å². The van der Waals surface area contributed by atoms with E-state index >= 15 is 0 Å². The highest BCUT2D eigenvalue weighted by Gasteiger charge is 2.26. The number of carboxylic acid groups (broad SMARTS) is 1. The Kier molecular flexibility index (Phi) is 4.10. The Morgan fingerprint density at radius 1 is 1.53 bits per heavy atom. The molecule has 94 valence electrons. The van der Waals surface area contributed by atoms with Crippen LogP contribution in [0.3, 0.4) is 0 Å². The number of carbonyl (C=O) groups is 1. The van der Waals surface area contributed by atoms with E-state index in [0.717, 1.165) is 11.4 Å². The predicted molar refractivity (Wildman–Crippen MR) is 68.1 cm³/mol. The van der Waals surface area contributed by atoms with Gasteiger partial charge in [0, 0.05) is 23.6 Å². The highest BCUT2D eigenvalue weighted by molar-refractivity contribution is 5.68. The number of aliphatic carboxylic acids is 1. The molecule has 0 aliphatic heterocycles. The maximum absolute atomic E-state index is 10.9. The van der Waals surface area contributed by atoms with Gasteiger partial charge in [0.2, 0.25) is 0 Å². The SMILES string of the molecule is Cc1cc(NC(CC(=O)O)C(C)(C)C)ccn1. The molecule has 1 atom stereocenters. The van der Waals surface area contributed by atoms with Crippen LogP contribution >= 0.6 is 0 Å². The molecule has 0 aromatic carbocycles. The largest absolute Gasteiger partial charge is 0.481 e. The number of hydrogen-bond acceptors (Lipinski definition) is 3. The van der Waals surface area contributed by atoms with Crippen LogP contribution < -0.4 is 5.32 Å². The van der Waals surface area contributed by atoms with Crippen molar-refractivity contribution in [2.75, 3.05) is 5.32 Å². The lowest BCUT2D eigenvalue weighted by Gasteiger charge is -2.31. The molecule has 0 fully saturated rings. The van der Waals surface area contributed by atoms with Crippen molar-refractivity contribution in [2.45, 2.75) is 40.2 Å². The second-order valence-corrected chi connectivity index (χ2v) is 5.35. The van der Waals surface area contributed by atoms with Crippen LogP contribution in [0.4, 0.5) is 5.69 Å². The number of aromatic nitrogens is 1. The van der Waals surface area contributed by atoms with Gasteiger partial charge in [0.05, 0.1) is 6.42 Å². The summed E-state index contributed by atoms with van der Waals surface area (Å²) in [6, 6.07) is 3.66. The van der Waals surface area contributed by atoms with Gasteiger partial charge in [-0.2, -0.15) is 0 Å².